The number of ether oxygens (including phenoxy) is 1. The highest BCUT2D eigenvalue weighted by atomic mass is 19.4. The maximum atomic E-state index is 11.5. The van der Waals surface area contributed by atoms with E-state index in [-0.39, 0.29) is 0 Å². The first kappa shape index (κ1) is 8.56. The van der Waals surface area contributed by atoms with Crippen LogP contribution in [0.4, 0.5) is 13.2 Å². The van der Waals surface area contributed by atoms with E-state index >= 15 is 0 Å². The maximum Gasteiger partial charge on any atom is 0.422 e. The molecule has 9 heteroatoms. The lowest BCUT2D eigenvalue weighted by Crippen LogP contribution is -2.20. The van der Waals surface area contributed by atoms with Gasteiger partial charge in [-0.2, -0.15) is 13.2 Å². The fourth-order valence-electron chi connectivity index (χ4n) is 0.368. The van der Waals surface area contributed by atoms with Crippen LogP contribution in [0, 0.1) is 0 Å². The molecular weight excluding hydrogens is 183 g/mol. The summed E-state index contributed by atoms with van der Waals surface area (Å²) in [5.74, 6) is 0. The van der Waals surface area contributed by atoms with Gasteiger partial charge in [-0.3, -0.25) is 4.63 Å². The molecule has 0 saturated heterocycles. The Kier molecular flexibility index (Phi) is 2.31. The first-order valence-electron chi connectivity index (χ1n) is 2.68. The molecule has 0 bridgehead atoms. The van der Waals surface area contributed by atoms with E-state index in [1.54, 1.807) is 5.33 Å². The lowest BCUT2D eigenvalue weighted by atomic mass is 10.7. The molecule has 12 heavy (non-hydrogen) atoms. The van der Waals surface area contributed by atoms with Crippen LogP contribution in [-0.2, 0) is 0 Å². The summed E-state index contributed by atoms with van der Waals surface area (Å²) < 4.78 is 46.7. The summed E-state index contributed by atoms with van der Waals surface area (Å²) in [7, 11) is 0. The molecule has 0 aromatic carbocycles. The predicted octanol–water partition coefficient (Wildman–Crippen LogP) is 0.989. The second kappa shape index (κ2) is 3.24. The van der Waals surface area contributed by atoms with Crippen LogP contribution in [0.5, 0.6) is 6.01 Å². The highest BCUT2D eigenvalue weighted by Crippen LogP contribution is 2.14. The first-order chi connectivity index (χ1) is 5.58. The molecule has 0 amide bonds. The van der Waals surface area contributed by atoms with Gasteiger partial charge in [-0.15, -0.1) is 5.16 Å². The zero-order valence-corrected chi connectivity index (χ0v) is 5.51. The molecule has 0 unspecified atom stereocenters. The molecule has 2 N–H and O–H groups in total. The minimum Gasteiger partial charge on any atom is -0.451 e. The third kappa shape index (κ3) is 3.03. The minimum atomic E-state index is -4.42. The summed E-state index contributed by atoms with van der Waals surface area (Å²) >= 11 is 0. The second-order valence-corrected chi connectivity index (χ2v) is 1.68. The lowest BCUT2D eigenvalue weighted by molar-refractivity contribution is -0.157. The standard InChI is InChI=1S/C3H4F3N3O3/c4-3(5,6)1-10-2-7-11-9-12-8-2/h9H,1H2,(H,7,8). The summed E-state index contributed by atoms with van der Waals surface area (Å²) in [5.41, 5.74) is 0. The van der Waals surface area contributed by atoms with Gasteiger partial charge in [0.2, 0.25) is 0 Å². The normalized spacial score (nSPS) is 11.2. The molecule has 0 aliphatic heterocycles. The van der Waals surface area contributed by atoms with Gasteiger partial charge in [0.15, 0.2) is 6.61 Å². The Balaban J connectivity index is 2.44. The van der Waals surface area contributed by atoms with Crippen LogP contribution in [-0.4, -0.2) is 28.4 Å². The minimum absolute atomic E-state index is 0.508. The number of aromatic nitrogens is 3. The van der Waals surface area contributed by atoms with Crippen molar-refractivity contribution in [2.75, 3.05) is 6.61 Å². The Morgan fingerprint density at radius 3 is 2.75 bits per heavy atom. The van der Waals surface area contributed by atoms with Gasteiger partial charge < -0.3 is 4.74 Å². The van der Waals surface area contributed by atoms with E-state index in [1.807, 2.05) is 5.16 Å². The van der Waals surface area contributed by atoms with Gasteiger partial charge in [0.05, 0.1) is 0 Å². The van der Waals surface area contributed by atoms with Crippen LogP contribution in [0.2, 0.25) is 0 Å². The number of H-pyrrole nitrogens is 2. The molecule has 0 saturated carbocycles. The van der Waals surface area contributed by atoms with E-state index in [2.05, 4.69) is 19.2 Å². The lowest BCUT2D eigenvalue weighted by Gasteiger charge is -2.05. The van der Waals surface area contributed by atoms with E-state index in [9.17, 15) is 13.2 Å². The molecule has 0 fully saturated rings. The number of rotatable bonds is 2. The van der Waals surface area contributed by atoms with Crippen molar-refractivity contribution in [1.29, 1.82) is 0 Å². The SMILES string of the molecule is FC(F)(F)COc1no[nH]o[nH]1. The second-order valence-electron chi connectivity index (χ2n) is 1.68. The number of nitrogens with zero attached hydrogens (tertiary/aromatic N) is 1. The van der Waals surface area contributed by atoms with Crippen LogP contribution >= 0.6 is 0 Å². The largest absolute Gasteiger partial charge is 0.451 e. The van der Waals surface area contributed by atoms with Gasteiger partial charge in [0, 0.05) is 5.16 Å². The average molecular weight is 187 g/mol. The van der Waals surface area contributed by atoms with Gasteiger partial charge in [0.1, 0.15) is 0 Å². The Morgan fingerprint density at radius 1 is 1.50 bits per heavy atom. The monoisotopic (exact) mass is 187 g/mol. The number of alkyl halides is 3. The molecule has 1 rings (SSSR count). The molecule has 1 aromatic heterocycles. The Morgan fingerprint density at radius 2 is 2.25 bits per heavy atom. The number of halogens is 3. The molecule has 70 valence electrons. The molecule has 1 aromatic rings. The van der Waals surface area contributed by atoms with Gasteiger partial charge in [-0.05, 0) is 5.33 Å². The van der Waals surface area contributed by atoms with Crippen LogP contribution in [0.1, 0.15) is 0 Å². The molecule has 0 aliphatic rings. The molecule has 0 aliphatic carbocycles. The van der Waals surface area contributed by atoms with E-state index in [1.165, 1.54) is 0 Å². The van der Waals surface area contributed by atoms with Crippen molar-refractivity contribution in [1.82, 2.24) is 15.6 Å². The quantitative estimate of drug-likeness (QED) is 0.723. The zero-order valence-electron chi connectivity index (χ0n) is 5.51. The summed E-state index contributed by atoms with van der Waals surface area (Å²) in [6, 6.07) is -0.508. The van der Waals surface area contributed by atoms with Gasteiger partial charge in [0.25, 0.3) is 0 Å². The van der Waals surface area contributed by atoms with Crippen molar-refractivity contribution in [2.24, 2.45) is 0 Å². The Bertz CT molecular complexity index is 240. The van der Waals surface area contributed by atoms with Gasteiger partial charge >= 0.3 is 12.2 Å². The average Bonchev–Trinajstić information content (AvgIpc) is 2.02. The molecule has 0 spiro atoms. The van der Waals surface area contributed by atoms with Crippen LogP contribution in [0.25, 0.3) is 0 Å². The van der Waals surface area contributed by atoms with Crippen molar-refractivity contribution in [3.05, 3.63) is 0 Å². The fraction of sp³-hybridized carbons (Fsp3) is 0.667. The van der Waals surface area contributed by atoms with Crippen molar-refractivity contribution in [3.63, 3.8) is 0 Å². The summed E-state index contributed by atoms with van der Waals surface area (Å²) in [4.78, 5) is 0. The van der Waals surface area contributed by atoms with Crippen LogP contribution < -0.4 is 4.74 Å². The Hall–Kier alpha value is -1.54. The highest BCUT2D eigenvalue weighted by Gasteiger charge is 2.29. The van der Waals surface area contributed by atoms with Crippen molar-refractivity contribution in [3.8, 4) is 6.01 Å². The molecule has 0 radical (unpaired) electrons. The van der Waals surface area contributed by atoms with E-state index in [0.717, 1.165) is 0 Å². The molecular formula is C3H4F3N3O3. The number of hydrogen-bond donors (Lipinski definition) is 2. The zero-order chi connectivity index (χ0) is 9.03. The predicted molar refractivity (Wildman–Crippen MR) is 26.6 cm³/mol. The van der Waals surface area contributed by atoms with Crippen molar-refractivity contribution < 1.29 is 27.2 Å². The molecule has 0 atom stereocenters. The van der Waals surface area contributed by atoms with Crippen LogP contribution in [0.15, 0.2) is 9.26 Å². The number of nitrogens with one attached hydrogen (secondary N) is 2. The van der Waals surface area contributed by atoms with Gasteiger partial charge in [-0.1, -0.05) is 0 Å². The summed E-state index contributed by atoms with van der Waals surface area (Å²) in [6.45, 7) is -1.47. The van der Waals surface area contributed by atoms with Gasteiger partial charge in [-0.25, -0.2) is 4.63 Å². The van der Waals surface area contributed by atoms with E-state index in [0.29, 0.717) is 0 Å². The third-order valence-corrected chi connectivity index (χ3v) is 0.718. The van der Waals surface area contributed by atoms with E-state index in [4.69, 9.17) is 0 Å². The Labute approximate surface area is 62.8 Å². The van der Waals surface area contributed by atoms with Crippen molar-refractivity contribution >= 4 is 0 Å². The maximum absolute atomic E-state index is 11.5. The topological polar surface area (TPSA) is 80.0 Å². The fourth-order valence-corrected chi connectivity index (χ4v) is 0.368. The molecule has 1 heterocycles. The summed E-state index contributed by atoms with van der Waals surface area (Å²) in [5, 5.41) is 6.62. The smallest absolute Gasteiger partial charge is 0.422 e. The summed E-state index contributed by atoms with van der Waals surface area (Å²) in [6.07, 6.45) is -4.42. The number of aromatic amines is 2. The van der Waals surface area contributed by atoms with Crippen LogP contribution in [0.3, 0.4) is 0 Å². The highest BCUT2D eigenvalue weighted by molar-refractivity contribution is 4.78. The number of hydrogen-bond acceptors (Lipinski definition) is 4. The van der Waals surface area contributed by atoms with E-state index < -0.39 is 18.8 Å². The third-order valence-electron chi connectivity index (χ3n) is 0.718. The molecule has 6 nitrogen and oxygen atoms in total. The first-order valence-corrected chi connectivity index (χ1v) is 2.68. The van der Waals surface area contributed by atoms with Crippen molar-refractivity contribution in [2.45, 2.75) is 6.18 Å².